The Bertz CT molecular complexity index is 477. The second-order valence-electron chi connectivity index (χ2n) is 4.23. The molecule has 18 heavy (non-hydrogen) atoms. The zero-order chi connectivity index (χ0) is 13.1. The van der Waals surface area contributed by atoms with E-state index < -0.39 is 16.8 Å². The maximum absolute atomic E-state index is 11.0. The Labute approximate surface area is 103 Å². The van der Waals surface area contributed by atoms with Crippen molar-refractivity contribution in [1.82, 2.24) is 4.98 Å². The summed E-state index contributed by atoms with van der Waals surface area (Å²) in [5.74, 6) is -1.09. The third-order valence-electron chi connectivity index (χ3n) is 3.03. The fourth-order valence-corrected chi connectivity index (χ4v) is 2.15. The zero-order valence-corrected chi connectivity index (χ0v) is 9.65. The fraction of sp³-hybridized carbons (Fsp3) is 0.455. The van der Waals surface area contributed by atoms with Crippen molar-refractivity contribution in [2.75, 3.05) is 18.0 Å². The van der Waals surface area contributed by atoms with Crippen LogP contribution < -0.4 is 4.90 Å². The minimum Gasteiger partial charge on any atom is -0.481 e. The first-order valence-corrected chi connectivity index (χ1v) is 5.66. The molecule has 0 unspecified atom stereocenters. The molecule has 1 fully saturated rings. The van der Waals surface area contributed by atoms with Crippen molar-refractivity contribution in [3.8, 4) is 0 Å². The minimum absolute atomic E-state index is 0.0801. The highest BCUT2D eigenvalue weighted by molar-refractivity contribution is 5.71. The van der Waals surface area contributed by atoms with Crippen molar-refractivity contribution in [1.29, 1.82) is 0 Å². The lowest BCUT2D eigenvalue weighted by molar-refractivity contribution is -0.384. The Morgan fingerprint density at radius 3 is 3.06 bits per heavy atom. The molecule has 1 saturated heterocycles. The van der Waals surface area contributed by atoms with E-state index in [1.54, 1.807) is 4.90 Å². The molecule has 0 radical (unpaired) electrons. The van der Waals surface area contributed by atoms with Crippen LogP contribution in [0.3, 0.4) is 0 Å². The average molecular weight is 251 g/mol. The number of anilines is 1. The number of pyridine rings is 1. The minimum atomic E-state index is -0.863. The van der Waals surface area contributed by atoms with Crippen molar-refractivity contribution >= 4 is 17.5 Å². The average Bonchev–Trinajstić information content (AvgIpc) is 2.39. The van der Waals surface area contributed by atoms with Gasteiger partial charge in [-0.1, -0.05) is 0 Å². The summed E-state index contributed by atoms with van der Waals surface area (Å²) in [6, 6.07) is 2.88. The van der Waals surface area contributed by atoms with Crippen LogP contribution in [0.5, 0.6) is 0 Å². The summed E-state index contributed by atoms with van der Waals surface area (Å²) < 4.78 is 0. The van der Waals surface area contributed by atoms with E-state index in [0.29, 0.717) is 19.4 Å². The van der Waals surface area contributed by atoms with Gasteiger partial charge in [0.2, 0.25) is 5.82 Å². The number of hydrogen-bond donors (Lipinski definition) is 1. The molecule has 0 bridgehead atoms. The predicted molar refractivity (Wildman–Crippen MR) is 63.5 cm³/mol. The summed E-state index contributed by atoms with van der Waals surface area (Å²) in [6.45, 7) is 0.870. The summed E-state index contributed by atoms with van der Waals surface area (Å²) in [6.07, 6.45) is 2.78. The number of nitro groups is 1. The zero-order valence-electron chi connectivity index (χ0n) is 9.65. The maximum atomic E-state index is 11.0. The van der Waals surface area contributed by atoms with Gasteiger partial charge in [-0.15, -0.1) is 0 Å². The third-order valence-corrected chi connectivity index (χ3v) is 3.03. The third kappa shape index (κ3) is 2.39. The molecule has 1 aromatic rings. The highest BCUT2D eigenvalue weighted by Gasteiger charge is 2.29. The van der Waals surface area contributed by atoms with Gasteiger partial charge in [0, 0.05) is 25.4 Å². The fourth-order valence-electron chi connectivity index (χ4n) is 2.15. The van der Waals surface area contributed by atoms with Crippen LogP contribution in [0.15, 0.2) is 18.3 Å². The number of piperidine rings is 1. The van der Waals surface area contributed by atoms with Crippen molar-refractivity contribution in [2.45, 2.75) is 12.8 Å². The van der Waals surface area contributed by atoms with Gasteiger partial charge in [0.1, 0.15) is 0 Å². The van der Waals surface area contributed by atoms with Gasteiger partial charge < -0.3 is 10.0 Å². The van der Waals surface area contributed by atoms with Crippen LogP contribution in [0.2, 0.25) is 0 Å². The van der Waals surface area contributed by atoms with Crippen molar-refractivity contribution < 1.29 is 14.8 Å². The molecule has 7 heteroatoms. The van der Waals surface area contributed by atoms with E-state index in [1.807, 2.05) is 0 Å². The highest BCUT2D eigenvalue weighted by Crippen LogP contribution is 2.28. The summed E-state index contributed by atoms with van der Waals surface area (Å²) >= 11 is 0. The topological polar surface area (TPSA) is 96.6 Å². The van der Waals surface area contributed by atoms with Crippen LogP contribution >= 0.6 is 0 Å². The number of carboxylic acid groups (broad SMARTS) is 1. The van der Waals surface area contributed by atoms with Crippen LogP contribution in [0.25, 0.3) is 0 Å². The first-order chi connectivity index (χ1) is 8.59. The Kier molecular flexibility index (Phi) is 3.40. The molecule has 7 nitrogen and oxygen atoms in total. The molecule has 2 rings (SSSR count). The van der Waals surface area contributed by atoms with E-state index in [-0.39, 0.29) is 18.1 Å². The van der Waals surface area contributed by atoms with Gasteiger partial charge in [-0.2, -0.15) is 0 Å². The van der Waals surface area contributed by atoms with E-state index in [4.69, 9.17) is 5.11 Å². The molecule has 0 aromatic carbocycles. The van der Waals surface area contributed by atoms with E-state index >= 15 is 0 Å². The van der Waals surface area contributed by atoms with E-state index in [9.17, 15) is 14.9 Å². The van der Waals surface area contributed by atoms with Crippen LogP contribution in [0.1, 0.15) is 12.8 Å². The standard InChI is InChI=1S/C11H13N3O4/c15-11(16)8-3-2-6-13(7-8)10-9(14(17)18)4-1-5-12-10/h1,4-5,8H,2-3,6-7H2,(H,15,16)/t8-/m0/s1. The van der Waals surface area contributed by atoms with Crippen LogP contribution in [-0.2, 0) is 4.79 Å². The molecule has 1 atom stereocenters. The molecule has 0 aliphatic carbocycles. The second-order valence-corrected chi connectivity index (χ2v) is 4.23. The Hall–Kier alpha value is -2.18. The quantitative estimate of drug-likeness (QED) is 0.642. The Morgan fingerprint density at radius 2 is 2.39 bits per heavy atom. The molecule has 2 heterocycles. The lowest BCUT2D eigenvalue weighted by Gasteiger charge is -2.31. The molecule has 96 valence electrons. The molecular weight excluding hydrogens is 238 g/mol. The number of aliphatic carboxylic acids is 1. The molecule has 0 amide bonds. The van der Waals surface area contributed by atoms with E-state index in [1.165, 1.54) is 18.3 Å². The smallest absolute Gasteiger partial charge is 0.311 e. The molecule has 0 saturated carbocycles. The van der Waals surface area contributed by atoms with Gasteiger partial charge in [0.05, 0.1) is 10.8 Å². The molecular formula is C11H13N3O4. The summed E-state index contributed by atoms with van der Waals surface area (Å²) in [5, 5.41) is 19.9. The first-order valence-electron chi connectivity index (χ1n) is 5.66. The van der Waals surface area contributed by atoms with Gasteiger partial charge in [0.25, 0.3) is 0 Å². The van der Waals surface area contributed by atoms with Gasteiger partial charge in [-0.3, -0.25) is 14.9 Å². The van der Waals surface area contributed by atoms with Crippen molar-refractivity contribution in [3.05, 3.63) is 28.4 Å². The van der Waals surface area contributed by atoms with Crippen LogP contribution in [0.4, 0.5) is 11.5 Å². The van der Waals surface area contributed by atoms with Crippen LogP contribution in [0, 0.1) is 16.0 Å². The lowest BCUT2D eigenvalue weighted by Crippen LogP contribution is -2.39. The van der Waals surface area contributed by atoms with Gasteiger partial charge in [-0.05, 0) is 18.9 Å². The Morgan fingerprint density at radius 1 is 1.61 bits per heavy atom. The first kappa shape index (κ1) is 12.3. The number of aromatic nitrogens is 1. The number of carboxylic acids is 1. The second kappa shape index (κ2) is 4.99. The van der Waals surface area contributed by atoms with Gasteiger partial charge in [-0.25, -0.2) is 4.98 Å². The van der Waals surface area contributed by atoms with E-state index in [0.717, 1.165) is 0 Å². The summed E-state index contributed by atoms with van der Waals surface area (Å²) in [4.78, 5) is 27.1. The Balaban J connectivity index is 2.26. The normalized spacial score (nSPS) is 19.6. The summed E-state index contributed by atoms with van der Waals surface area (Å²) in [7, 11) is 0. The molecule has 1 N–H and O–H groups in total. The maximum Gasteiger partial charge on any atom is 0.311 e. The highest BCUT2D eigenvalue weighted by atomic mass is 16.6. The molecule has 1 aliphatic rings. The lowest BCUT2D eigenvalue weighted by atomic mass is 9.98. The monoisotopic (exact) mass is 251 g/mol. The van der Waals surface area contributed by atoms with Crippen LogP contribution in [-0.4, -0.2) is 34.1 Å². The molecule has 0 spiro atoms. The number of rotatable bonds is 3. The number of hydrogen-bond acceptors (Lipinski definition) is 5. The largest absolute Gasteiger partial charge is 0.481 e. The number of carbonyl (C=O) groups is 1. The van der Waals surface area contributed by atoms with E-state index in [2.05, 4.69) is 4.98 Å². The molecule has 1 aliphatic heterocycles. The number of nitrogens with zero attached hydrogens (tertiary/aromatic N) is 3. The van der Waals surface area contributed by atoms with Crippen molar-refractivity contribution in [2.24, 2.45) is 5.92 Å². The molecule has 1 aromatic heterocycles. The summed E-state index contributed by atoms with van der Waals surface area (Å²) in [5.41, 5.74) is -0.0801. The predicted octanol–water partition coefficient (Wildman–Crippen LogP) is 1.29. The van der Waals surface area contributed by atoms with Crippen molar-refractivity contribution in [3.63, 3.8) is 0 Å². The SMILES string of the molecule is O=C(O)[C@H]1CCCN(c2ncccc2[N+](=O)[O-])C1. The van der Waals surface area contributed by atoms with Gasteiger partial charge in [0.15, 0.2) is 0 Å². The van der Waals surface area contributed by atoms with Gasteiger partial charge >= 0.3 is 11.7 Å².